The van der Waals surface area contributed by atoms with Crippen LogP contribution in [0.25, 0.3) is 0 Å². The lowest BCUT2D eigenvalue weighted by Crippen LogP contribution is -2.21. The second-order valence-electron chi connectivity index (χ2n) is 5.93. The van der Waals surface area contributed by atoms with Crippen molar-refractivity contribution < 1.29 is 9.13 Å². The third-order valence-corrected chi connectivity index (χ3v) is 4.22. The highest BCUT2D eigenvalue weighted by molar-refractivity contribution is 5.30. The molecule has 122 valence electrons. The molecule has 2 aromatic rings. The first-order chi connectivity index (χ1) is 11.0. The number of nitrogens with zero attached hydrogens (tertiary/aromatic N) is 2. The zero-order valence-corrected chi connectivity index (χ0v) is 13.3. The number of ether oxygens (including phenoxy) is 1. The van der Waals surface area contributed by atoms with Crippen molar-refractivity contribution in [1.82, 2.24) is 14.9 Å². The third kappa shape index (κ3) is 3.59. The maximum Gasteiger partial charge on any atom is 0.251 e. The Bertz CT molecular complexity index is 760. The van der Waals surface area contributed by atoms with Crippen LogP contribution >= 0.6 is 0 Å². The lowest BCUT2D eigenvalue weighted by molar-refractivity contribution is 0.319. The van der Waals surface area contributed by atoms with Gasteiger partial charge in [0.2, 0.25) is 0 Å². The molecule has 1 aromatic carbocycles. The molecule has 1 aliphatic heterocycles. The lowest BCUT2D eigenvalue weighted by Gasteiger charge is -2.17. The zero-order chi connectivity index (χ0) is 16.4. The van der Waals surface area contributed by atoms with Crippen LogP contribution in [0.4, 0.5) is 4.39 Å². The molecule has 0 spiro atoms. The molecule has 1 fully saturated rings. The van der Waals surface area contributed by atoms with Gasteiger partial charge >= 0.3 is 0 Å². The van der Waals surface area contributed by atoms with Gasteiger partial charge in [-0.05, 0) is 38.1 Å². The highest BCUT2D eigenvalue weighted by Gasteiger charge is 2.26. The van der Waals surface area contributed by atoms with Crippen molar-refractivity contribution in [3.8, 4) is 5.75 Å². The standard InChI is InChI=1S/C17H20FN3O2/c1-11-19-16(8-17(22)20-11)12-5-6-21(9-12)10-13-7-14(23-2)3-4-15(13)18/h3-4,7-8,12H,5-6,9-10H2,1-2H3,(H,19,20,22). The van der Waals surface area contributed by atoms with E-state index in [4.69, 9.17) is 4.74 Å². The van der Waals surface area contributed by atoms with Crippen LogP contribution in [0.5, 0.6) is 5.75 Å². The Labute approximate surface area is 134 Å². The molecule has 2 heterocycles. The molecule has 1 aliphatic rings. The van der Waals surface area contributed by atoms with Gasteiger partial charge in [0, 0.05) is 30.6 Å². The largest absolute Gasteiger partial charge is 0.497 e. The van der Waals surface area contributed by atoms with Gasteiger partial charge in [-0.25, -0.2) is 9.37 Å². The van der Waals surface area contributed by atoms with Crippen LogP contribution in [0.2, 0.25) is 0 Å². The van der Waals surface area contributed by atoms with Gasteiger partial charge in [0.05, 0.1) is 12.8 Å². The summed E-state index contributed by atoms with van der Waals surface area (Å²) in [6, 6.07) is 6.35. The normalized spacial score (nSPS) is 18.3. The van der Waals surface area contributed by atoms with Crippen molar-refractivity contribution in [2.24, 2.45) is 0 Å². The van der Waals surface area contributed by atoms with Crippen molar-refractivity contribution in [3.05, 3.63) is 57.5 Å². The van der Waals surface area contributed by atoms with E-state index in [1.165, 1.54) is 6.07 Å². The van der Waals surface area contributed by atoms with Gasteiger partial charge in [0.25, 0.3) is 5.56 Å². The Hall–Kier alpha value is -2.21. The van der Waals surface area contributed by atoms with Gasteiger partial charge in [-0.2, -0.15) is 0 Å². The van der Waals surface area contributed by atoms with Crippen LogP contribution in [-0.4, -0.2) is 35.1 Å². The highest BCUT2D eigenvalue weighted by Crippen LogP contribution is 2.27. The molecule has 6 heteroatoms. The molecule has 0 aliphatic carbocycles. The first-order valence-corrected chi connectivity index (χ1v) is 7.68. The van der Waals surface area contributed by atoms with E-state index in [1.54, 1.807) is 32.2 Å². The predicted molar refractivity (Wildman–Crippen MR) is 85.2 cm³/mol. The van der Waals surface area contributed by atoms with Gasteiger partial charge in [-0.3, -0.25) is 9.69 Å². The smallest absolute Gasteiger partial charge is 0.251 e. The van der Waals surface area contributed by atoms with E-state index in [0.29, 0.717) is 23.7 Å². The van der Waals surface area contributed by atoms with E-state index in [-0.39, 0.29) is 17.3 Å². The number of hydrogen-bond acceptors (Lipinski definition) is 4. The Kier molecular flexibility index (Phi) is 4.43. The molecule has 1 unspecified atom stereocenters. The first kappa shape index (κ1) is 15.7. The number of nitrogens with one attached hydrogen (secondary N) is 1. The Balaban J connectivity index is 1.72. The van der Waals surface area contributed by atoms with Crippen molar-refractivity contribution in [2.45, 2.75) is 25.8 Å². The molecule has 5 nitrogen and oxygen atoms in total. The molecule has 1 atom stereocenters. The Morgan fingerprint density at radius 3 is 3.00 bits per heavy atom. The minimum atomic E-state index is -0.223. The number of rotatable bonds is 4. The Morgan fingerprint density at radius 1 is 1.43 bits per heavy atom. The topological polar surface area (TPSA) is 58.2 Å². The van der Waals surface area contributed by atoms with E-state index in [9.17, 15) is 9.18 Å². The molecular weight excluding hydrogens is 297 g/mol. The van der Waals surface area contributed by atoms with E-state index in [2.05, 4.69) is 14.9 Å². The van der Waals surface area contributed by atoms with E-state index in [1.807, 2.05) is 0 Å². The number of likely N-dealkylation sites (tertiary alicyclic amines) is 1. The second-order valence-corrected chi connectivity index (χ2v) is 5.93. The summed E-state index contributed by atoms with van der Waals surface area (Å²) in [5.41, 5.74) is 1.32. The second kappa shape index (κ2) is 6.50. The number of benzene rings is 1. The van der Waals surface area contributed by atoms with Gasteiger partial charge in [0.15, 0.2) is 0 Å². The van der Waals surface area contributed by atoms with Crippen LogP contribution in [0.3, 0.4) is 0 Å². The molecule has 0 radical (unpaired) electrons. The average molecular weight is 317 g/mol. The van der Waals surface area contributed by atoms with Crippen molar-refractivity contribution >= 4 is 0 Å². The number of hydrogen-bond donors (Lipinski definition) is 1. The molecule has 3 rings (SSSR count). The van der Waals surface area contributed by atoms with Crippen LogP contribution in [0.15, 0.2) is 29.1 Å². The summed E-state index contributed by atoms with van der Waals surface area (Å²) in [6.45, 7) is 3.94. The van der Waals surface area contributed by atoms with Crippen LogP contribution in [0.1, 0.15) is 29.4 Å². The summed E-state index contributed by atoms with van der Waals surface area (Å²) in [4.78, 5) is 20.9. The molecular formula is C17H20FN3O2. The number of methoxy groups -OCH3 is 1. The molecule has 23 heavy (non-hydrogen) atoms. The lowest BCUT2D eigenvalue weighted by atomic mass is 10.0. The van der Waals surface area contributed by atoms with Crippen molar-refractivity contribution in [3.63, 3.8) is 0 Å². The quantitative estimate of drug-likeness (QED) is 0.939. The fraction of sp³-hybridized carbons (Fsp3) is 0.412. The first-order valence-electron chi connectivity index (χ1n) is 7.68. The SMILES string of the molecule is COc1ccc(F)c(CN2CCC(c3cc(=O)[nH]c(C)n3)C2)c1. The van der Waals surface area contributed by atoms with Crippen LogP contribution in [-0.2, 0) is 6.54 Å². The van der Waals surface area contributed by atoms with E-state index in [0.717, 1.165) is 25.2 Å². The molecule has 0 bridgehead atoms. The van der Waals surface area contributed by atoms with Gasteiger partial charge < -0.3 is 9.72 Å². The van der Waals surface area contributed by atoms with Gasteiger partial charge in [-0.1, -0.05) is 0 Å². The van der Waals surface area contributed by atoms with Crippen LogP contribution < -0.4 is 10.3 Å². The van der Waals surface area contributed by atoms with Gasteiger partial charge in [0.1, 0.15) is 17.4 Å². The van der Waals surface area contributed by atoms with Crippen molar-refractivity contribution in [2.75, 3.05) is 20.2 Å². The van der Waals surface area contributed by atoms with Crippen molar-refractivity contribution in [1.29, 1.82) is 0 Å². The number of aromatic nitrogens is 2. The van der Waals surface area contributed by atoms with E-state index < -0.39 is 0 Å². The highest BCUT2D eigenvalue weighted by atomic mass is 19.1. The van der Waals surface area contributed by atoms with Gasteiger partial charge in [-0.15, -0.1) is 0 Å². The van der Waals surface area contributed by atoms with E-state index >= 15 is 0 Å². The molecule has 0 amide bonds. The average Bonchev–Trinajstić information content (AvgIpc) is 2.97. The summed E-state index contributed by atoms with van der Waals surface area (Å²) in [6.07, 6.45) is 0.918. The molecule has 1 aromatic heterocycles. The summed E-state index contributed by atoms with van der Waals surface area (Å²) in [7, 11) is 1.57. The number of aryl methyl sites for hydroxylation is 1. The summed E-state index contributed by atoms with van der Waals surface area (Å²) in [5.74, 6) is 1.28. The monoisotopic (exact) mass is 317 g/mol. The summed E-state index contributed by atoms with van der Waals surface area (Å²) in [5, 5.41) is 0. The summed E-state index contributed by atoms with van der Waals surface area (Å²) < 4.78 is 19.1. The minimum absolute atomic E-state index is 0.121. The third-order valence-electron chi connectivity index (χ3n) is 4.22. The predicted octanol–water partition coefficient (Wildman–Crippen LogP) is 2.22. The zero-order valence-electron chi connectivity index (χ0n) is 13.3. The molecule has 1 N–H and O–H groups in total. The number of H-pyrrole nitrogens is 1. The fourth-order valence-corrected chi connectivity index (χ4v) is 3.07. The number of halogens is 1. The van der Waals surface area contributed by atoms with Crippen LogP contribution in [0, 0.1) is 12.7 Å². The number of aromatic amines is 1. The minimum Gasteiger partial charge on any atom is -0.497 e. The maximum atomic E-state index is 13.9. The molecule has 0 saturated carbocycles. The fourth-order valence-electron chi connectivity index (χ4n) is 3.07. The molecule has 1 saturated heterocycles. The summed E-state index contributed by atoms with van der Waals surface area (Å²) >= 11 is 0. The Morgan fingerprint density at radius 2 is 2.26 bits per heavy atom. The maximum absolute atomic E-state index is 13.9.